The Morgan fingerprint density at radius 2 is 2.06 bits per heavy atom. The second kappa shape index (κ2) is 9.79. The van der Waals surface area contributed by atoms with Gasteiger partial charge in [-0.3, -0.25) is 4.79 Å². The molecule has 1 amide bonds. The first kappa shape index (κ1) is 24.1. The molecule has 0 radical (unpaired) electrons. The van der Waals surface area contributed by atoms with Crippen LogP contribution < -0.4 is 5.73 Å². The van der Waals surface area contributed by atoms with Gasteiger partial charge in [0.1, 0.15) is 5.01 Å². The first-order valence-electron chi connectivity index (χ1n) is 11.5. The summed E-state index contributed by atoms with van der Waals surface area (Å²) in [4.78, 5) is 20.1. The van der Waals surface area contributed by atoms with Crippen molar-refractivity contribution in [2.24, 2.45) is 5.73 Å². The molecule has 7 nitrogen and oxygen atoms in total. The van der Waals surface area contributed by atoms with Crippen LogP contribution in [0.25, 0.3) is 11.5 Å². The molecule has 2 atom stereocenters. The van der Waals surface area contributed by atoms with Crippen LogP contribution in [0, 0.1) is 10.5 Å². The number of aromatic nitrogens is 3. The topological polar surface area (TPSA) is 98.1 Å². The first-order valence-corrected chi connectivity index (χ1v) is 13.5. The van der Waals surface area contributed by atoms with E-state index < -0.39 is 5.54 Å². The number of amides is 1. The monoisotopic (exact) mass is 599 g/mol. The number of likely N-dealkylation sites (tertiary alicyclic amines) is 1. The summed E-state index contributed by atoms with van der Waals surface area (Å²) in [6.07, 6.45) is 2.46. The number of hydrogen-bond donors (Lipinski definition) is 1. The molecule has 1 aliphatic heterocycles. The van der Waals surface area contributed by atoms with Crippen LogP contribution in [0.15, 0.2) is 58.3 Å². The number of rotatable bonds is 6. The van der Waals surface area contributed by atoms with Gasteiger partial charge in [0.05, 0.1) is 11.6 Å². The maximum absolute atomic E-state index is 13.6. The number of nitrogens with zero attached hydrogens (tertiary/aromatic N) is 4. The lowest BCUT2D eigenvalue weighted by atomic mass is 9.94. The Kier molecular flexibility index (Phi) is 6.73. The van der Waals surface area contributed by atoms with E-state index in [4.69, 9.17) is 10.2 Å². The Balaban J connectivity index is 1.40. The normalized spacial score (nSPS) is 17.5. The van der Waals surface area contributed by atoms with Crippen molar-refractivity contribution >= 4 is 39.8 Å². The Hall–Kier alpha value is -2.63. The number of carbonyl (C=O) groups excluding carboxylic acids is 1. The lowest BCUT2D eigenvalue weighted by molar-refractivity contribution is 0.0735. The SMILES string of the molecule is Cc1csc([C@H]2CCCN2C(=O)c2cc(I)cc(-c3nnc([C@](C)(N)Cc4ccccc4)o3)c2)n1. The average Bonchev–Trinajstić information content (AvgIpc) is 3.59. The molecule has 35 heavy (non-hydrogen) atoms. The van der Waals surface area contributed by atoms with Gasteiger partial charge in [0.15, 0.2) is 0 Å². The molecule has 9 heteroatoms. The van der Waals surface area contributed by atoms with Gasteiger partial charge in [0.25, 0.3) is 5.91 Å². The second-order valence-corrected chi connectivity index (χ2v) is 11.3. The minimum atomic E-state index is -0.818. The van der Waals surface area contributed by atoms with Crippen molar-refractivity contribution < 1.29 is 9.21 Å². The molecule has 2 aromatic heterocycles. The summed E-state index contributed by atoms with van der Waals surface area (Å²) in [5.41, 5.74) is 9.14. The molecular weight excluding hydrogens is 573 g/mol. The zero-order valence-electron chi connectivity index (χ0n) is 19.6. The van der Waals surface area contributed by atoms with E-state index in [2.05, 4.69) is 37.8 Å². The molecule has 180 valence electrons. The zero-order valence-corrected chi connectivity index (χ0v) is 22.5. The van der Waals surface area contributed by atoms with Crippen molar-refractivity contribution in [1.29, 1.82) is 0 Å². The molecule has 5 rings (SSSR count). The van der Waals surface area contributed by atoms with E-state index in [0.29, 0.717) is 29.3 Å². The third-order valence-corrected chi connectivity index (χ3v) is 7.84. The van der Waals surface area contributed by atoms with Gasteiger partial charge < -0.3 is 15.1 Å². The van der Waals surface area contributed by atoms with Crippen LogP contribution in [0.5, 0.6) is 0 Å². The predicted molar refractivity (Wildman–Crippen MR) is 144 cm³/mol. The van der Waals surface area contributed by atoms with E-state index in [9.17, 15) is 4.79 Å². The highest BCUT2D eigenvalue weighted by molar-refractivity contribution is 14.1. The first-order chi connectivity index (χ1) is 16.8. The summed E-state index contributed by atoms with van der Waals surface area (Å²) in [7, 11) is 0. The smallest absolute Gasteiger partial charge is 0.254 e. The third-order valence-electron chi connectivity index (χ3n) is 6.15. The number of carbonyl (C=O) groups is 1. The van der Waals surface area contributed by atoms with Crippen LogP contribution in [0.4, 0.5) is 0 Å². The number of thiazole rings is 1. The Morgan fingerprint density at radius 1 is 1.26 bits per heavy atom. The molecule has 0 unspecified atom stereocenters. The van der Waals surface area contributed by atoms with Crippen molar-refractivity contribution in [3.8, 4) is 11.5 Å². The van der Waals surface area contributed by atoms with Gasteiger partial charge in [-0.05, 0) is 79.5 Å². The Morgan fingerprint density at radius 3 is 2.80 bits per heavy atom. The van der Waals surface area contributed by atoms with Gasteiger partial charge in [-0.15, -0.1) is 21.5 Å². The molecule has 1 fully saturated rings. The highest BCUT2D eigenvalue weighted by atomic mass is 127. The Labute approximate surface area is 221 Å². The van der Waals surface area contributed by atoms with E-state index in [1.165, 1.54) is 0 Å². The standard InChI is InChI=1S/C26H26IN5O2S/c1-16-15-35-23(29-16)21-9-6-10-32(21)24(33)19-11-18(12-20(27)13-19)22-30-31-25(34-22)26(2,28)14-17-7-4-3-5-8-17/h3-5,7-8,11-13,15,21H,6,9-10,14,28H2,1-2H3/t21-,26-/m1/s1. The largest absolute Gasteiger partial charge is 0.419 e. The molecule has 2 aromatic carbocycles. The molecule has 1 aliphatic rings. The minimum absolute atomic E-state index is 0.00685. The average molecular weight is 599 g/mol. The van der Waals surface area contributed by atoms with Gasteiger partial charge in [-0.2, -0.15) is 0 Å². The number of nitrogens with two attached hydrogens (primary N) is 1. The molecule has 0 saturated carbocycles. The van der Waals surface area contributed by atoms with E-state index in [0.717, 1.165) is 39.2 Å². The molecule has 0 spiro atoms. The van der Waals surface area contributed by atoms with Gasteiger partial charge in [0.2, 0.25) is 11.8 Å². The Bertz CT molecular complexity index is 1350. The van der Waals surface area contributed by atoms with Crippen LogP contribution in [0.2, 0.25) is 0 Å². The predicted octanol–water partition coefficient (Wildman–Crippen LogP) is 5.50. The molecule has 0 aliphatic carbocycles. The van der Waals surface area contributed by atoms with E-state index in [1.54, 1.807) is 11.3 Å². The van der Waals surface area contributed by atoms with Gasteiger partial charge in [-0.25, -0.2) is 4.98 Å². The minimum Gasteiger partial charge on any atom is -0.419 e. The number of halogens is 1. The van der Waals surface area contributed by atoms with Gasteiger partial charge >= 0.3 is 0 Å². The lowest BCUT2D eigenvalue weighted by Crippen LogP contribution is -2.35. The zero-order chi connectivity index (χ0) is 24.6. The van der Waals surface area contributed by atoms with Crippen molar-refractivity contribution in [3.05, 3.63) is 85.2 Å². The fourth-order valence-electron chi connectivity index (χ4n) is 4.46. The molecule has 4 aromatic rings. The van der Waals surface area contributed by atoms with Gasteiger partial charge in [0, 0.05) is 32.3 Å². The van der Waals surface area contributed by atoms with Crippen molar-refractivity contribution in [3.63, 3.8) is 0 Å². The maximum atomic E-state index is 13.6. The highest BCUT2D eigenvalue weighted by Gasteiger charge is 2.33. The van der Waals surface area contributed by atoms with Crippen LogP contribution in [0.1, 0.15) is 58.3 Å². The van der Waals surface area contributed by atoms with Gasteiger partial charge in [-0.1, -0.05) is 30.3 Å². The quantitative estimate of drug-likeness (QED) is 0.294. The fourth-order valence-corrected chi connectivity index (χ4v) is 6.07. The lowest BCUT2D eigenvalue weighted by Gasteiger charge is -2.23. The van der Waals surface area contributed by atoms with E-state index in [-0.39, 0.29) is 11.9 Å². The van der Waals surface area contributed by atoms with Crippen LogP contribution >= 0.6 is 33.9 Å². The van der Waals surface area contributed by atoms with Crippen LogP contribution in [-0.4, -0.2) is 32.5 Å². The third kappa shape index (κ3) is 5.17. The fraction of sp³-hybridized carbons (Fsp3) is 0.308. The maximum Gasteiger partial charge on any atom is 0.254 e. The van der Waals surface area contributed by atoms with Crippen molar-refractivity contribution in [2.45, 2.75) is 44.7 Å². The second-order valence-electron chi connectivity index (χ2n) is 9.20. The summed E-state index contributed by atoms with van der Waals surface area (Å²) in [6, 6.07) is 15.7. The summed E-state index contributed by atoms with van der Waals surface area (Å²) < 4.78 is 6.95. The van der Waals surface area contributed by atoms with Crippen molar-refractivity contribution in [1.82, 2.24) is 20.1 Å². The molecule has 0 bridgehead atoms. The van der Waals surface area contributed by atoms with E-state index in [1.807, 2.05) is 72.7 Å². The molecule has 3 heterocycles. The van der Waals surface area contributed by atoms with Crippen LogP contribution in [0.3, 0.4) is 0 Å². The van der Waals surface area contributed by atoms with E-state index >= 15 is 0 Å². The number of aryl methyl sites for hydroxylation is 1. The summed E-state index contributed by atoms with van der Waals surface area (Å²) in [5, 5.41) is 11.6. The summed E-state index contributed by atoms with van der Waals surface area (Å²) in [6.45, 7) is 4.59. The summed E-state index contributed by atoms with van der Waals surface area (Å²) in [5.74, 6) is 0.709. The molecular formula is C26H26IN5O2S. The van der Waals surface area contributed by atoms with Crippen molar-refractivity contribution in [2.75, 3.05) is 6.54 Å². The highest BCUT2D eigenvalue weighted by Crippen LogP contribution is 2.35. The molecule has 1 saturated heterocycles. The van der Waals surface area contributed by atoms with Crippen LogP contribution in [-0.2, 0) is 12.0 Å². The summed E-state index contributed by atoms with van der Waals surface area (Å²) >= 11 is 3.84. The molecule has 2 N–H and O–H groups in total. The number of benzene rings is 2. The number of hydrogen-bond acceptors (Lipinski definition) is 7.